The van der Waals surface area contributed by atoms with Gasteiger partial charge in [-0.15, -0.1) is 0 Å². The minimum absolute atomic E-state index is 0.0178. The van der Waals surface area contributed by atoms with Gasteiger partial charge in [0, 0.05) is 0 Å². The first-order chi connectivity index (χ1) is 9.88. The molecular formula is C18H22N2O. The Kier molecular flexibility index (Phi) is 4.32. The highest BCUT2D eigenvalue weighted by atomic mass is 16.5. The maximum Gasteiger partial charge on any atom is 0.138 e. The van der Waals surface area contributed by atoms with Crippen molar-refractivity contribution in [3.63, 3.8) is 0 Å². The summed E-state index contributed by atoms with van der Waals surface area (Å²) < 4.78 is 5.92. The number of ether oxygens (including phenoxy) is 1. The van der Waals surface area contributed by atoms with Crippen LogP contribution in [0.4, 0.5) is 0 Å². The molecule has 3 heteroatoms. The van der Waals surface area contributed by atoms with Gasteiger partial charge in [-0.2, -0.15) is 0 Å². The van der Waals surface area contributed by atoms with E-state index in [1.807, 2.05) is 37.3 Å². The third kappa shape index (κ3) is 3.43. The molecule has 0 amide bonds. The topological polar surface area (TPSA) is 59.1 Å². The fourth-order valence-electron chi connectivity index (χ4n) is 2.43. The fraction of sp³-hybridized carbons (Fsp3) is 0.278. The molecule has 21 heavy (non-hydrogen) atoms. The van der Waals surface area contributed by atoms with Crippen LogP contribution in [0.2, 0.25) is 0 Å². The Balaban J connectivity index is 2.35. The first-order valence-corrected chi connectivity index (χ1v) is 7.12. The van der Waals surface area contributed by atoms with E-state index in [0.717, 1.165) is 11.3 Å². The lowest BCUT2D eigenvalue weighted by Gasteiger charge is -2.14. The third-order valence-corrected chi connectivity index (χ3v) is 3.52. The van der Waals surface area contributed by atoms with Crippen LogP contribution in [0.1, 0.15) is 42.0 Å². The van der Waals surface area contributed by atoms with Crippen molar-refractivity contribution in [1.82, 2.24) is 0 Å². The lowest BCUT2D eigenvalue weighted by atomic mass is 9.98. The Morgan fingerprint density at radius 1 is 1.10 bits per heavy atom. The van der Waals surface area contributed by atoms with Gasteiger partial charge in [0.25, 0.3) is 0 Å². The summed E-state index contributed by atoms with van der Waals surface area (Å²) in [7, 11) is 0. The quantitative estimate of drug-likeness (QED) is 0.640. The number of nitrogens with one attached hydrogen (secondary N) is 1. The van der Waals surface area contributed by atoms with Crippen molar-refractivity contribution in [2.45, 2.75) is 33.6 Å². The molecule has 0 unspecified atom stereocenters. The van der Waals surface area contributed by atoms with Crippen LogP contribution in [0.25, 0.3) is 0 Å². The Morgan fingerprint density at radius 2 is 1.81 bits per heavy atom. The van der Waals surface area contributed by atoms with Gasteiger partial charge in [0.1, 0.15) is 17.3 Å². The third-order valence-electron chi connectivity index (χ3n) is 3.52. The largest absolute Gasteiger partial charge is 0.457 e. The molecule has 0 saturated carbocycles. The number of hydrogen-bond donors (Lipinski definition) is 2. The summed E-state index contributed by atoms with van der Waals surface area (Å²) in [5.41, 5.74) is 9.84. The normalized spacial score (nSPS) is 10.7. The molecule has 0 aromatic heterocycles. The van der Waals surface area contributed by atoms with Crippen molar-refractivity contribution in [3.05, 3.63) is 58.7 Å². The number of rotatable bonds is 4. The van der Waals surface area contributed by atoms with Crippen LogP contribution >= 0.6 is 0 Å². The predicted molar refractivity (Wildman–Crippen MR) is 87.5 cm³/mol. The van der Waals surface area contributed by atoms with Gasteiger partial charge in [-0.05, 0) is 55.2 Å². The molecule has 0 aliphatic heterocycles. The summed E-state index contributed by atoms with van der Waals surface area (Å²) in [4.78, 5) is 0. The van der Waals surface area contributed by atoms with Crippen molar-refractivity contribution >= 4 is 5.84 Å². The summed E-state index contributed by atoms with van der Waals surface area (Å²) in [6.45, 7) is 8.41. The smallest absolute Gasteiger partial charge is 0.138 e. The van der Waals surface area contributed by atoms with Gasteiger partial charge < -0.3 is 10.5 Å². The molecule has 0 spiro atoms. The minimum atomic E-state index is 0.0178. The molecule has 0 aliphatic rings. The molecule has 0 fully saturated rings. The predicted octanol–water partition coefficient (Wildman–Crippen LogP) is 4.50. The average Bonchev–Trinajstić information content (AvgIpc) is 2.40. The molecule has 0 aliphatic carbocycles. The summed E-state index contributed by atoms with van der Waals surface area (Å²) in [5.74, 6) is 1.89. The zero-order valence-electron chi connectivity index (χ0n) is 13.0. The molecule has 0 radical (unpaired) electrons. The highest BCUT2D eigenvalue weighted by Crippen LogP contribution is 2.29. The van der Waals surface area contributed by atoms with Crippen molar-refractivity contribution in [1.29, 1.82) is 5.41 Å². The molecule has 0 heterocycles. The molecule has 0 atom stereocenters. The molecule has 0 bridgehead atoms. The van der Waals surface area contributed by atoms with Gasteiger partial charge in [0.05, 0.1) is 5.56 Å². The van der Waals surface area contributed by atoms with Gasteiger partial charge in [-0.3, -0.25) is 5.41 Å². The molecule has 2 aromatic rings. The number of nitrogen functional groups attached to an aromatic ring is 1. The van der Waals surface area contributed by atoms with E-state index in [-0.39, 0.29) is 5.84 Å². The number of hydrogen-bond acceptors (Lipinski definition) is 2. The molecule has 110 valence electrons. The van der Waals surface area contributed by atoms with Crippen molar-refractivity contribution in [2.24, 2.45) is 5.73 Å². The molecule has 3 N–H and O–H groups in total. The summed E-state index contributed by atoms with van der Waals surface area (Å²) in [6, 6.07) is 11.8. The molecule has 0 saturated heterocycles. The number of nitrogens with two attached hydrogens (primary N) is 1. The lowest BCUT2D eigenvalue weighted by Crippen LogP contribution is -2.12. The Bertz CT molecular complexity index is 675. The van der Waals surface area contributed by atoms with Gasteiger partial charge in [-0.1, -0.05) is 31.5 Å². The molecule has 3 nitrogen and oxygen atoms in total. The maximum atomic E-state index is 7.67. The SMILES string of the molecule is Cc1ccc(Oc2ccc(C(C)C)c(C)c2)c(C(=N)N)c1. The second-order valence-corrected chi connectivity index (χ2v) is 5.69. The van der Waals surface area contributed by atoms with Crippen LogP contribution in [-0.2, 0) is 0 Å². The number of benzene rings is 2. The van der Waals surface area contributed by atoms with Gasteiger partial charge in [0.15, 0.2) is 0 Å². The van der Waals surface area contributed by atoms with Crippen molar-refractivity contribution in [2.75, 3.05) is 0 Å². The van der Waals surface area contributed by atoms with E-state index in [1.54, 1.807) is 0 Å². The molecule has 2 rings (SSSR count). The maximum absolute atomic E-state index is 7.67. The zero-order valence-corrected chi connectivity index (χ0v) is 13.0. The van der Waals surface area contributed by atoms with E-state index in [0.29, 0.717) is 17.2 Å². The standard InChI is InChI=1S/C18H22N2O/c1-11(2)15-7-6-14(10-13(15)4)21-17-8-5-12(3)9-16(17)18(19)20/h5-11H,1-4H3,(H3,19,20). The van der Waals surface area contributed by atoms with Gasteiger partial charge >= 0.3 is 0 Å². The zero-order chi connectivity index (χ0) is 15.6. The first-order valence-electron chi connectivity index (χ1n) is 7.12. The Labute approximate surface area is 126 Å². The highest BCUT2D eigenvalue weighted by Gasteiger charge is 2.10. The monoisotopic (exact) mass is 282 g/mol. The summed E-state index contributed by atoms with van der Waals surface area (Å²) in [6.07, 6.45) is 0. The van der Waals surface area contributed by atoms with Crippen LogP contribution in [0.5, 0.6) is 11.5 Å². The molecule has 2 aromatic carbocycles. The lowest BCUT2D eigenvalue weighted by molar-refractivity contribution is 0.480. The fourth-order valence-corrected chi connectivity index (χ4v) is 2.43. The molecular weight excluding hydrogens is 260 g/mol. The van der Waals surface area contributed by atoms with E-state index >= 15 is 0 Å². The Morgan fingerprint density at radius 3 is 2.38 bits per heavy atom. The summed E-state index contributed by atoms with van der Waals surface area (Å²) >= 11 is 0. The number of aryl methyl sites for hydroxylation is 2. The highest BCUT2D eigenvalue weighted by molar-refractivity contribution is 5.97. The van der Waals surface area contributed by atoms with Crippen molar-refractivity contribution in [3.8, 4) is 11.5 Å². The first kappa shape index (κ1) is 15.1. The van der Waals surface area contributed by atoms with Crippen LogP contribution in [0, 0.1) is 19.3 Å². The van der Waals surface area contributed by atoms with Gasteiger partial charge in [0.2, 0.25) is 0 Å². The van der Waals surface area contributed by atoms with E-state index in [9.17, 15) is 0 Å². The summed E-state index contributed by atoms with van der Waals surface area (Å²) in [5, 5.41) is 7.67. The van der Waals surface area contributed by atoms with Crippen LogP contribution in [0.3, 0.4) is 0 Å². The average molecular weight is 282 g/mol. The Hall–Kier alpha value is -2.29. The van der Waals surface area contributed by atoms with E-state index in [2.05, 4.69) is 26.8 Å². The minimum Gasteiger partial charge on any atom is -0.457 e. The van der Waals surface area contributed by atoms with E-state index in [4.69, 9.17) is 15.9 Å². The second-order valence-electron chi connectivity index (χ2n) is 5.69. The van der Waals surface area contributed by atoms with Crippen LogP contribution < -0.4 is 10.5 Å². The van der Waals surface area contributed by atoms with E-state index in [1.165, 1.54) is 11.1 Å². The van der Waals surface area contributed by atoms with Crippen molar-refractivity contribution < 1.29 is 4.74 Å². The van der Waals surface area contributed by atoms with Crippen LogP contribution in [0.15, 0.2) is 36.4 Å². The van der Waals surface area contributed by atoms with Crippen LogP contribution in [-0.4, -0.2) is 5.84 Å². The second kappa shape index (κ2) is 6.00. The van der Waals surface area contributed by atoms with E-state index < -0.39 is 0 Å². The van der Waals surface area contributed by atoms with Gasteiger partial charge in [-0.25, -0.2) is 0 Å². The number of amidine groups is 1.